The minimum atomic E-state index is 0.163. The molecule has 2 heterocycles. The first-order valence-electron chi connectivity index (χ1n) is 21.9. The van der Waals surface area contributed by atoms with Crippen molar-refractivity contribution in [2.45, 2.75) is 26.2 Å². The summed E-state index contributed by atoms with van der Waals surface area (Å²) < 4.78 is 9.53. The summed E-state index contributed by atoms with van der Waals surface area (Å²) in [5.74, 6) is 1.13. The van der Waals surface area contributed by atoms with Crippen LogP contribution in [0.1, 0.15) is 31.7 Å². The lowest BCUT2D eigenvalue weighted by molar-refractivity contribution is 0.669. The lowest BCUT2D eigenvalue weighted by atomic mass is 9.79. The van der Waals surface area contributed by atoms with Gasteiger partial charge in [-0.1, -0.05) is 171 Å². The molecule has 0 radical (unpaired) electrons. The summed E-state index contributed by atoms with van der Waals surface area (Å²) in [6, 6.07) is 51.0. The summed E-state index contributed by atoms with van der Waals surface area (Å²) in [5.41, 5.74) is 15.6. The minimum absolute atomic E-state index is 0.163. The van der Waals surface area contributed by atoms with Crippen LogP contribution in [-0.4, -0.2) is 4.57 Å². The SMILES string of the molecule is C=C1/C=C\C(C)/C(n2c3c(c4ccccc42)=CCCC=3)=C2/C=CC3CC3C2=C1c1cccc2oc3cccc(-c4c5ccccc5c(-c5ccccc5)c5ccccc45)c3c12. The van der Waals surface area contributed by atoms with Crippen LogP contribution >= 0.6 is 0 Å². The first kappa shape index (κ1) is 34.7. The minimum Gasteiger partial charge on any atom is -0.456 e. The lowest BCUT2D eigenvalue weighted by Crippen LogP contribution is -2.32. The monoisotopic (exact) mass is 781 g/mol. The number of rotatable bonds is 4. The molecule has 3 atom stereocenters. The molecule has 61 heavy (non-hydrogen) atoms. The third-order valence-electron chi connectivity index (χ3n) is 14.0. The van der Waals surface area contributed by atoms with Crippen molar-refractivity contribution in [1.82, 2.24) is 4.57 Å². The molecule has 1 fully saturated rings. The Balaban J connectivity index is 1.14. The molecule has 9 aromatic rings. The van der Waals surface area contributed by atoms with Gasteiger partial charge in [-0.2, -0.15) is 0 Å². The Kier molecular flexibility index (Phi) is 7.49. The van der Waals surface area contributed by atoms with Crippen LogP contribution in [0, 0.1) is 17.8 Å². The molecule has 2 heteroatoms. The van der Waals surface area contributed by atoms with Crippen LogP contribution in [0.2, 0.25) is 0 Å². The fourth-order valence-corrected chi connectivity index (χ4v) is 11.3. The van der Waals surface area contributed by atoms with Gasteiger partial charge in [0.25, 0.3) is 0 Å². The van der Waals surface area contributed by atoms with E-state index in [0.29, 0.717) is 11.8 Å². The highest BCUT2D eigenvalue weighted by atomic mass is 16.3. The second-order valence-corrected chi connectivity index (χ2v) is 17.4. The molecule has 290 valence electrons. The second-order valence-electron chi connectivity index (χ2n) is 17.4. The van der Waals surface area contributed by atoms with E-state index >= 15 is 0 Å². The maximum Gasteiger partial charge on any atom is 0.136 e. The largest absolute Gasteiger partial charge is 0.456 e. The molecular weight excluding hydrogens is 739 g/mol. The Hall–Kier alpha value is -7.16. The van der Waals surface area contributed by atoms with E-state index in [1.165, 1.54) is 93.2 Å². The topological polar surface area (TPSA) is 18.1 Å². The van der Waals surface area contributed by atoms with Gasteiger partial charge in [-0.05, 0) is 121 Å². The number of allylic oxidation sites excluding steroid dienone is 9. The van der Waals surface area contributed by atoms with Gasteiger partial charge in [0.15, 0.2) is 0 Å². The lowest BCUT2D eigenvalue weighted by Gasteiger charge is -2.29. The number of hydrogen-bond acceptors (Lipinski definition) is 1. The highest BCUT2D eigenvalue weighted by Crippen LogP contribution is 2.57. The predicted octanol–water partition coefficient (Wildman–Crippen LogP) is 14.2. The van der Waals surface area contributed by atoms with Crippen LogP contribution in [0.3, 0.4) is 0 Å². The van der Waals surface area contributed by atoms with Crippen molar-refractivity contribution in [2.24, 2.45) is 17.8 Å². The van der Waals surface area contributed by atoms with Crippen LogP contribution in [0.25, 0.3) is 100 Å². The number of furan rings is 1. The smallest absolute Gasteiger partial charge is 0.136 e. The molecule has 4 aliphatic rings. The predicted molar refractivity (Wildman–Crippen MR) is 257 cm³/mol. The van der Waals surface area contributed by atoms with Crippen molar-refractivity contribution in [1.29, 1.82) is 0 Å². The van der Waals surface area contributed by atoms with Crippen molar-refractivity contribution in [3.8, 4) is 22.3 Å². The zero-order chi connectivity index (χ0) is 40.3. The molecule has 1 saturated carbocycles. The Bertz CT molecular complexity index is 3600. The van der Waals surface area contributed by atoms with E-state index in [1.54, 1.807) is 0 Å². The number of aromatic nitrogens is 1. The molecule has 0 amide bonds. The first-order valence-corrected chi connectivity index (χ1v) is 21.9. The zero-order valence-corrected chi connectivity index (χ0v) is 34.2. The van der Waals surface area contributed by atoms with E-state index in [9.17, 15) is 0 Å². The van der Waals surface area contributed by atoms with Crippen molar-refractivity contribution < 1.29 is 4.42 Å². The maximum absolute atomic E-state index is 6.93. The molecule has 2 nitrogen and oxygen atoms in total. The van der Waals surface area contributed by atoms with Crippen LogP contribution in [0.4, 0.5) is 0 Å². The summed E-state index contributed by atoms with van der Waals surface area (Å²) in [6.45, 7) is 7.26. The number of hydrogen-bond donors (Lipinski definition) is 0. The number of nitrogens with zero attached hydrogens (tertiary/aromatic N) is 1. The van der Waals surface area contributed by atoms with Gasteiger partial charge < -0.3 is 8.98 Å². The molecule has 3 unspecified atom stereocenters. The highest BCUT2D eigenvalue weighted by molar-refractivity contribution is 6.26. The van der Waals surface area contributed by atoms with Crippen LogP contribution in [-0.2, 0) is 0 Å². The third kappa shape index (κ3) is 5.03. The van der Waals surface area contributed by atoms with Gasteiger partial charge in [-0.25, -0.2) is 0 Å². The molecule has 4 aliphatic carbocycles. The molecule has 13 rings (SSSR count). The molecule has 0 saturated heterocycles. The van der Waals surface area contributed by atoms with Crippen LogP contribution in [0.15, 0.2) is 192 Å². The van der Waals surface area contributed by atoms with E-state index in [0.717, 1.165) is 46.8 Å². The van der Waals surface area contributed by atoms with Gasteiger partial charge in [0.1, 0.15) is 11.2 Å². The molecule has 2 aromatic heterocycles. The number of benzene rings is 7. The van der Waals surface area contributed by atoms with Crippen molar-refractivity contribution in [2.75, 3.05) is 0 Å². The standard InChI is InChI=1S/C59H43NO/c1-35-30-31-36(2)59(60-49-26-12-10-18-39(49)40-19-11-13-27-50(40)60)47-33-32-38-34-48(38)56(47)53(35)45-24-14-28-51-57(45)58-46(25-15-29-52(58)61-51)55-43-22-8-6-20-41(43)54(37-16-4-3-5-17-37)42-21-7-9-23-44(42)55/h3-10,12,14-33,36,38,48H,1,11,13,34H2,2H3/b31-30-,56-53?,59-47+. The Morgan fingerprint density at radius 2 is 1.21 bits per heavy atom. The molecule has 0 spiro atoms. The van der Waals surface area contributed by atoms with Crippen LogP contribution in [0.5, 0.6) is 0 Å². The summed E-state index contributed by atoms with van der Waals surface area (Å²) in [7, 11) is 0. The average molecular weight is 782 g/mol. The van der Waals surface area contributed by atoms with E-state index < -0.39 is 0 Å². The summed E-state index contributed by atoms with van der Waals surface area (Å²) >= 11 is 0. The van der Waals surface area contributed by atoms with Crippen molar-refractivity contribution in [3.05, 3.63) is 203 Å². The van der Waals surface area contributed by atoms with E-state index in [4.69, 9.17) is 11.0 Å². The normalized spacial score (nSPS) is 21.3. The molecular formula is C59H43NO. The van der Waals surface area contributed by atoms with Crippen molar-refractivity contribution >= 4 is 77.8 Å². The van der Waals surface area contributed by atoms with E-state index in [1.807, 2.05) is 0 Å². The number of para-hydroxylation sites is 1. The average Bonchev–Trinajstić information content (AvgIpc) is 3.89. The Morgan fingerprint density at radius 3 is 1.95 bits per heavy atom. The summed E-state index contributed by atoms with van der Waals surface area (Å²) in [4.78, 5) is 0. The van der Waals surface area contributed by atoms with Gasteiger partial charge in [-0.3, -0.25) is 0 Å². The van der Waals surface area contributed by atoms with Crippen molar-refractivity contribution in [3.63, 3.8) is 0 Å². The Morgan fingerprint density at radius 1 is 0.590 bits per heavy atom. The fraction of sp³-hybridized carbons (Fsp3) is 0.119. The summed E-state index contributed by atoms with van der Waals surface area (Å²) in [5, 5.41) is 11.3. The number of fused-ring (bicyclic) bond motifs is 11. The van der Waals surface area contributed by atoms with Gasteiger partial charge >= 0.3 is 0 Å². The summed E-state index contributed by atoms with van der Waals surface area (Å²) in [6.07, 6.45) is 17.8. The van der Waals surface area contributed by atoms with Gasteiger partial charge in [0.05, 0.1) is 5.52 Å². The van der Waals surface area contributed by atoms with E-state index in [2.05, 4.69) is 187 Å². The molecule has 0 N–H and O–H groups in total. The second kappa shape index (κ2) is 13.2. The first-order chi connectivity index (χ1) is 30.1. The maximum atomic E-state index is 6.93. The molecule has 7 aromatic carbocycles. The van der Waals surface area contributed by atoms with Crippen LogP contribution < -0.4 is 10.6 Å². The van der Waals surface area contributed by atoms with Gasteiger partial charge in [-0.15, -0.1) is 0 Å². The quantitative estimate of drug-likeness (QED) is 0.163. The molecule has 0 bridgehead atoms. The third-order valence-corrected chi connectivity index (χ3v) is 14.0. The fourth-order valence-electron chi connectivity index (χ4n) is 11.3. The highest BCUT2D eigenvalue weighted by Gasteiger charge is 2.45. The van der Waals surface area contributed by atoms with Gasteiger partial charge in [0.2, 0.25) is 0 Å². The molecule has 0 aliphatic heterocycles. The van der Waals surface area contributed by atoms with Gasteiger partial charge in [0, 0.05) is 38.3 Å². The Labute approximate surface area is 354 Å². The zero-order valence-electron chi connectivity index (χ0n) is 34.2. The van der Waals surface area contributed by atoms with E-state index in [-0.39, 0.29) is 5.92 Å².